The number of hydrogen-bond acceptors (Lipinski definition) is 7. The van der Waals surface area contributed by atoms with Crippen LogP contribution in [-0.4, -0.2) is 54.0 Å². The number of thiocarbonyl (C=S) groups is 1. The van der Waals surface area contributed by atoms with Gasteiger partial charge in [0, 0.05) is 12.3 Å². The fraction of sp³-hybridized carbons (Fsp3) is 0.320. The molecule has 2 heterocycles. The average Bonchev–Trinajstić information content (AvgIpc) is 3.42. The summed E-state index contributed by atoms with van der Waals surface area (Å²) in [6.07, 6.45) is 3.75. The highest BCUT2D eigenvalue weighted by atomic mass is 79.9. The number of benzene rings is 2. The number of anilines is 1. The predicted octanol–water partition coefficient (Wildman–Crippen LogP) is 5.16. The third-order valence-electron chi connectivity index (χ3n) is 5.48. The van der Waals surface area contributed by atoms with Crippen LogP contribution < -0.4 is 14.8 Å². The lowest BCUT2D eigenvalue weighted by atomic mass is 10.1. The van der Waals surface area contributed by atoms with Gasteiger partial charge >= 0.3 is 0 Å². The third-order valence-corrected chi connectivity index (χ3v) is 7.45. The van der Waals surface area contributed by atoms with E-state index in [1.165, 1.54) is 18.9 Å². The first-order chi connectivity index (χ1) is 16.8. The van der Waals surface area contributed by atoms with Crippen LogP contribution in [-0.2, 0) is 14.3 Å². The molecule has 0 radical (unpaired) electrons. The van der Waals surface area contributed by atoms with Gasteiger partial charge in [0.05, 0.1) is 29.1 Å². The first-order valence-corrected chi connectivity index (χ1v) is 13.1. The van der Waals surface area contributed by atoms with Crippen molar-refractivity contribution in [3.63, 3.8) is 0 Å². The van der Waals surface area contributed by atoms with Gasteiger partial charge in [0.1, 0.15) is 4.32 Å². The summed E-state index contributed by atoms with van der Waals surface area (Å²) in [6.45, 7) is 2.97. The van der Waals surface area contributed by atoms with Crippen molar-refractivity contribution in [3.8, 4) is 11.5 Å². The second kappa shape index (κ2) is 11.6. The van der Waals surface area contributed by atoms with Crippen LogP contribution in [0, 0.1) is 6.92 Å². The molecule has 7 nitrogen and oxygen atoms in total. The molecular weight excluding hydrogens is 552 g/mol. The number of carbonyl (C=O) groups is 2. The molecule has 0 bridgehead atoms. The molecule has 4 rings (SSSR count). The van der Waals surface area contributed by atoms with Gasteiger partial charge in [0.2, 0.25) is 0 Å². The number of aryl methyl sites for hydroxylation is 1. The molecule has 184 valence electrons. The lowest BCUT2D eigenvalue weighted by Crippen LogP contribution is -2.35. The van der Waals surface area contributed by atoms with Gasteiger partial charge in [0.25, 0.3) is 11.8 Å². The number of methoxy groups -OCH3 is 1. The Morgan fingerprint density at radius 2 is 2.20 bits per heavy atom. The molecule has 2 aliphatic rings. The maximum absolute atomic E-state index is 12.9. The van der Waals surface area contributed by atoms with E-state index in [-0.39, 0.29) is 24.5 Å². The number of thioether (sulfide) groups is 1. The summed E-state index contributed by atoms with van der Waals surface area (Å²) in [6, 6.07) is 11.1. The summed E-state index contributed by atoms with van der Waals surface area (Å²) in [4.78, 5) is 27.4. The van der Waals surface area contributed by atoms with E-state index < -0.39 is 0 Å². The van der Waals surface area contributed by atoms with Gasteiger partial charge < -0.3 is 19.5 Å². The number of nitrogens with one attached hydrogen (secondary N) is 1. The lowest BCUT2D eigenvalue weighted by molar-refractivity contribution is -0.123. The molecular formula is C25H25BrN2O5S2. The molecule has 2 fully saturated rings. The van der Waals surface area contributed by atoms with Gasteiger partial charge in [-0.15, -0.1) is 0 Å². The summed E-state index contributed by atoms with van der Waals surface area (Å²) in [5.74, 6) is 0.418. The van der Waals surface area contributed by atoms with E-state index in [9.17, 15) is 9.59 Å². The predicted molar refractivity (Wildman–Crippen MR) is 145 cm³/mol. The fourth-order valence-corrected chi connectivity index (χ4v) is 5.67. The average molecular weight is 578 g/mol. The Morgan fingerprint density at radius 3 is 2.91 bits per heavy atom. The van der Waals surface area contributed by atoms with Gasteiger partial charge in [0.15, 0.2) is 18.1 Å². The van der Waals surface area contributed by atoms with Crippen molar-refractivity contribution in [2.24, 2.45) is 0 Å². The number of rotatable bonds is 8. The second-order valence-electron chi connectivity index (χ2n) is 8.17. The van der Waals surface area contributed by atoms with Crippen molar-refractivity contribution >= 4 is 67.8 Å². The first kappa shape index (κ1) is 25.7. The zero-order valence-electron chi connectivity index (χ0n) is 19.3. The summed E-state index contributed by atoms with van der Waals surface area (Å²) < 4.78 is 18.0. The molecule has 0 unspecified atom stereocenters. The minimum atomic E-state index is -0.288. The van der Waals surface area contributed by atoms with E-state index >= 15 is 0 Å². The number of hydrogen-bond donors (Lipinski definition) is 1. The molecule has 0 saturated carbocycles. The van der Waals surface area contributed by atoms with Crippen molar-refractivity contribution < 1.29 is 23.8 Å². The van der Waals surface area contributed by atoms with Crippen LogP contribution in [0.5, 0.6) is 11.5 Å². The molecule has 2 aromatic carbocycles. The van der Waals surface area contributed by atoms with E-state index in [0.29, 0.717) is 37.4 Å². The standard InChI is InChI=1S/C25H25BrN2O5S2/c1-15-5-3-6-17(9-15)27-22(29)14-33-23-19(26)10-16(11-20(23)31-2)12-21-24(30)28(25(34)35-21)13-18-7-4-8-32-18/h3,5-6,9-12,18H,4,7-8,13-14H2,1-2H3,(H,27,29)/b21-12-/t18-/m1/s1. The number of ether oxygens (including phenoxy) is 3. The van der Waals surface area contributed by atoms with Gasteiger partial charge in [-0.25, -0.2) is 0 Å². The molecule has 2 saturated heterocycles. The van der Waals surface area contributed by atoms with Crippen molar-refractivity contribution in [3.05, 3.63) is 56.9 Å². The van der Waals surface area contributed by atoms with Crippen LogP contribution in [0.3, 0.4) is 0 Å². The number of halogens is 1. The molecule has 2 amide bonds. The van der Waals surface area contributed by atoms with E-state index in [4.69, 9.17) is 26.4 Å². The second-order valence-corrected chi connectivity index (χ2v) is 10.7. The molecule has 0 aromatic heterocycles. The topological polar surface area (TPSA) is 77.1 Å². The number of amides is 2. The number of nitrogens with zero attached hydrogens (tertiary/aromatic N) is 1. The largest absolute Gasteiger partial charge is 0.493 e. The number of carbonyl (C=O) groups excluding carboxylic acids is 2. The highest BCUT2D eigenvalue weighted by Crippen LogP contribution is 2.39. The zero-order valence-corrected chi connectivity index (χ0v) is 22.6. The Bertz CT molecular complexity index is 1180. The normalized spacial score (nSPS) is 18.9. The lowest BCUT2D eigenvalue weighted by Gasteiger charge is -2.18. The first-order valence-electron chi connectivity index (χ1n) is 11.1. The van der Waals surface area contributed by atoms with Crippen LogP contribution in [0.15, 0.2) is 45.8 Å². The minimum absolute atomic E-state index is 0.0330. The highest BCUT2D eigenvalue weighted by molar-refractivity contribution is 9.10. The van der Waals surface area contributed by atoms with Crippen molar-refractivity contribution in [2.75, 3.05) is 32.2 Å². The van der Waals surface area contributed by atoms with Crippen LogP contribution in [0.1, 0.15) is 24.0 Å². The molecule has 2 aromatic rings. The molecule has 1 N–H and O–H groups in total. The highest BCUT2D eigenvalue weighted by Gasteiger charge is 2.34. The van der Waals surface area contributed by atoms with Crippen LogP contribution in [0.4, 0.5) is 5.69 Å². The maximum Gasteiger partial charge on any atom is 0.266 e. The van der Waals surface area contributed by atoms with Crippen molar-refractivity contribution in [1.82, 2.24) is 4.90 Å². The Labute approximate surface area is 222 Å². The Hall–Kier alpha value is -2.40. The van der Waals surface area contributed by atoms with E-state index in [2.05, 4.69) is 21.2 Å². The Balaban J connectivity index is 1.44. The molecule has 0 aliphatic carbocycles. The third kappa shape index (κ3) is 6.43. The Kier molecular flexibility index (Phi) is 8.48. The summed E-state index contributed by atoms with van der Waals surface area (Å²) in [5, 5.41) is 2.81. The van der Waals surface area contributed by atoms with Crippen molar-refractivity contribution in [2.45, 2.75) is 25.9 Å². The fourth-order valence-electron chi connectivity index (χ4n) is 3.82. The molecule has 2 aliphatic heterocycles. The van der Waals surface area contributed by atoms with Gasteiger partial charge in [-0.05, 0) is 77.2 Å². The minimum Gasteiger partial charge on any atom is -0.493 e. The van der Waals surface area contributed by atoms with Crippen molar-refractivity contribution in [1.29, 1.82) is 0 Å². The summed E-state index contributed by atoms with van der Waals surface area (Å²) >= 11 is 10.2. The molecule has 10 heteroatoms. The SMILES string of the molecule is COc1cc(/C=C2\SC(=S)N(C[C@H]3CCCO3)C2=O)cc(Br)c1OCC(=O)Nc1cccc(C)c1. The Morgan fingerprint density at radius 1 is 1.37 bits per heavy atom. The van der Waals surface area contributed by atoms with E-state index in [1.807, 2.05) is 37.3 Å². The van der Waals surface area contributed by atoms with Crippen LogP contribution >= 0.6 is 39.9 Å². The van der Waals surface area contributed by atoms with Gasteiger partial charge in [-0.3, -0.25) is 14.5 Å². The van der Waals surface area contributed by atoms with Crippen LogP contribution in [0.25, 0.3) is 6.08 Å². The quantitative estimate of drug-likeness (QED) is 0.343. The molecule has 35 heavy (non-hydrogen) atoms. The summed E-state index contributed by atoms with van der Waals surface area (Å²) in [7, 11) is 1.52. The zero-order chi connectivity index (χ0) is 24.9. The van der Waals surface area contributed by atoms with Gasteiger partial charge in [-0.2, -0.15) is 0 Å². The van der Waals surface area contributed by atoms with Gasteiger partial charge in [-0.1, -0.05) is 36.1 Å². The molecule has 0 spiro atoms. The molecule has 1 atom stereocenters. The van der Waals surface area contributed by atoms with E-state index in [1.54, 1.807) is 17.0 Å². The smallest absolute Gasteiger partial charge is 0.266 e. The summed E-state index contributed by atoms with van der Waals surface area (Å²) in [5.41, 5.74) is 2.49. The maximum atomic E-state index is 12.9. The van der Waals surface area contributed by atoms with Crippen LogP contribution in [0.2, 0.25) is 0 Å². The monoisotopic (exact) mass is 576 g/mol. The van der Waals surface area contributed by atoms with E-state index in [0.717, 1.165) is 30.6 Å².